The highest BCUT2D eigenvalue weighted by Crippen LogP contribution is 2.27. The van der Waals surface area contributed by atoms with Crippen LogP contribution in [-0.2, 0) is 16.1 Å². The van der Waals surface area contributed by atoms with Gasteiger partial charge in [-0.2, -0.15) is 0 Å². The average molecular weight is 496 g/mol. The Morgan fingerprint density at radius 2 is 1.73 bits per heavy atom. The molecule has 0 fully saturated rings. The largest absolute Gasteiger partial charge is 0.497 e. The molecule has 0 saturated heterocycles. The van der Waals surface area contributed by atoms with Gasteiger partial charge in [-0.15, -0.1) is 0 Å². The summed E-state index contributed by atoms with van der Waals surface area (Å²) < 4.78 is 16.0. The number of carbonyl (C=O) groups excluding carboxylic acids is 2. The van der Waals surface area contributed by atoms with Crippen LogP contribution in [0.3, 0.4) is 0 Å². The van der Waals surface area contributed by atoms with Crippen molar-refractivity contribution >= 4 is 33.7 Å². The van der Waals surface area contributed by atoms with E-state index >= 15 is 0 Å². The lowest BCUT2D eigenvalue weighted by molar-refractivity contribution is -0.133. The van der Waals surface area contributed by atoms with Crippen LogP contribution in [-0.4, -0.2) is 47.7 Å². The van der Waals surface area contributed by atoms with E-state index in [0.29, 0.717) is 23.3 Å². The molecule has 186 valence electrons. The van der Waals surface area contributed by atoms with Gasteiger partial charge < -0.3 is 18.9 Å². The Kier molecular flexibility index (Phi) is 6.55. The normalized spacial score (nSPS) is 11.0. The van der Waals surface area contributed by atoms with Crippen LogP contribution in [0.25, 0.3) is 33.1 Å². The molecular weight excluding hydrogens is 470 g/mol. The van der Waals surface area contributed by atoms with E-state index in [9.17, 15) is 9.59 Å². The van der Waals surface area contributed by atoms with Crippen molar-refractivity contribution in [2.75, 3.05) is 20.8 Å². The molecule has 0 aliphatic rings. The fraction of sp³-hybridized carbons (Fsp3) is 0.172. The predicted molar refractivity (Wildman–Crippen MR) is 139 cm³/mol. The van der Waals surface area contributed by atoms with Gasteiger partial charge in [0.25, 0.3) is 11.6 Å². The highest BCUT2D eigenvalue weighted by molar-refractivity contribution is 6.04. The predicted octanol–water partition coefficient (Wildman–Crippen LogP) is 5.18. The molecule has 1 amide bonds. The maximum atomic E-state index is 13.1. The van der Waals surface area contributed by atoms with Gasteiger partial charge in [-0.1, -0.05) is 53.7 Å². The second-order valence-corrected chi connectivity index (χ2v) is 8.74. The fourth-order valence-electron chi connectivity index (χ4n) is 4.19. The number of nitrogens with zero attached hydrogens (tertiary/aromatic N) is 3. The second-order valence-electron chi connectivity index (χ2n) is 8.74. The first-order valence-electron chi connectivity index (χ1n) is 11.7. The third-order valence-electron chi connectivity index (χ3n) is 6.19. The van der Waals surface area contributed by atoms with Crippen LogP contribution in [0.15, 0.2) is 77.3 Å². The monoisotopic (exact) mass is 495 g/mol. The van der Waals surface area contributed by atoms with Crippen LogP contribution in [0.4, 0.5) is 0 Å². The number of ether oxygens (including phenoxy) is 2. The number of esters is 1. The minimum absolute atomic E-state index is 0.239. The van der Waals surface area contributed by atoms with Crippen LogP contribution < -0.4 is 4.74 Å². The number of carbonyl (C=O) groups is 2. The summed E-state index contributed by atoms with van der Waals surface area (Å²) in [5.41, 5.74) is 3.34. The zero-order valence-electron chi connectivity index (χ0n) is 20.7. The van der Waals surface area contributed by atoms with Gasteiger partial charge in [0.15, 0.2) is 6.61 Å². The molecule has 0 aliphatic heterocycles. The number of pyridine rings is 1. The van der Waals surface area contributed by atoms with Crippen molar-refractivity contribution < 1.29 is 23.6 Å². The molecule has 2 aromatic heterocycles. The van der Waals surface area contributed by atoms with E-state index < -0.39 is 12.6 Å². The molecule has 2 heterocycles. The Bertz CT molecular complexity index is 1610. The summed E-state index contributed by atoms with van der Waals surface area (Å²) in [7, 11) is 3.31. The topological polar surface area (TPSA) is 94.8 Å². The van der Waals surface area contributed by atoms with E-state index in [1.807, 2.05) is 66.7 Å². The summed E-state index contributed by atoms with van der Waals surface area (Å²) in [4.78, 5) is 31.9. The quantitative estimate of drug-likeness (QED) is 0.287. The van der Waals surface area contributed by atoms with E-state index in [0.717, 1.165) is 27.6 Å². The maximum absolute atomic E-state index is 13.1. The van der Waals surface area contributed by atoms with Crippen molar-refractivity contribution in [1.29, 1.82) is 0 Å². The van der Waals surface area contributed by atoms with Gasteiger partial charge >= 0.3 is 5.97 Å². The third kappa shape index (κ3) is 4.99. The Morgan fingerprint density at radius 3 is 2.51 bits per heavy atom. The Labute approximate surface area is 213 Å². The second kappa shape index (κ2) is 10.1. The van der Waals surface area contributed by atoms with Crippen LogP contribution in [0, 0.1) is 6.92 Å². The molecule has 37 heavy (non-hydrogen) atoms. The highest BCUT2D eigenvalue weighted by Gasteiger charge is 2.22. The Balaban J connectivity index is 1.29. The van der Waals surface area contributed by atoms with E-state index in [2.05, 4.69) is 10.1 Å². The molecule has 5 rings (SSSR count). The number of amides is 1. The van der Waals surface area contributed by atoms with E-state index in [-0.39, 0.29) is 17.2 Å². The highest BCUT2D eigenvalue weighted by atomic mass is 16.5. The zero-order chi connectivity index (χ0) is 25.9. The zero-order valence-corrected chi connectivity index (χ0v) is 20.7. The molecule has 0 atom stereocenters. The van der Waals surface area contributed by atoms with Crippen molar-refractivity contribution in [1.82, 2.24) is 15.0 Å². The summed E-state index contributed by atoms with van der Waals surface area (Å²) in [5.74, 6) is -0.172. The summed E-state index contributed by atoms with van der Waals surface area (Å²) in [6.07, 6.45) is 0. The minimum atomic E-state index is -0.641. The smallest absolute Gasteiger partial charge is 0.339 e. The standard InChI is InChI=1S/C29H25N3O5/c1-18-27-24(15-25(30-28(27)37-31-18)20-7-5-4-6-8-20)29(34)36-17-26(33)32(2)16-19-9-10-22-14-23(35-3)12-11-21(22)13-19/h4-15H,16-17H2,1-3H3. The maximum Gasteiger partial charge on any atom is 0.339 e. The number of benzene rings is 3. The van der Waals surface area contributed by atoms with Crippen molar-refractivity contribution in [2.45, 2.75) is 13.5 Å². The summed E-state index contributed by atoms with van der Waals surface area (Å²) in [6.45, 7) is 1.71. The number of fused-ring (bicyclic) bond motifs is 2. The van der Waals surface area contributed by atoms with Crippen LogP contribution in [0.5, 0.6) is 5.75 Å². The van der Waals surface area contributed by atoms with Crippen molar-refractivity contribution in [2.24, 2.45) is 0 Å². The number of aryl methyl sites for hydroxylation is 1. The molecule has 0 N–H and O–H groups in total. The number of likely N-dealkylation sites (N-methyl/N-ethyl adjacent to an activating group) is 1. The van der Waals surface area contributed by atoms with Gasteiger partial charge in [0.2, 0.25) is 0 Å². The summed E-state index contributed by atoms with van der Waals surface area (Å²) >= 11 is 0. The minimum Gasteiger partial charge on any atom is -0.497 e. The van der Waals surface area contributed by atoms with Crippen molar-refractivity contribution in [3.63, 3.8) is 0 Å². The van der Waals surface area contributed by atoms with Crippen molar-refractivity contribution in [3.05, 3.63) is 89.6 Å². The fourth-order valence-corrected chi connectivity index (χ4v) is 4.19. The molecule has 0 spiro atoms. The van der Waals surface area contributed by atoms with E-state index in [4.69, 9.17) is 14.0 Å². The van der Waals surface area contributed by atoms with Gasteiger partial charge in [-0.3, -0.25) is 4.79 Å². The molecule has 0 radical (unpaired) electrons. The Hall–Kier alpha value is -4.72. The molecule has 0 aliphatic carbocycles. The molecule has 0 bridgehead atoms. The molecule has 8 heteroatoms. The van der Waals surface area contributed by atoms with E-state index in [1.165, 1.54) is 4.90 Å². The third-order valence-corrected chi connectivity index (χ3v) is 6.19. The Morgan fingerprint density at radius 1 is 0.973 bits per heavy atom. The van der Waals surface area contributed by atoms with Gasteiger partial charge in [0, 0.05) is 19.2 Å². The molecule has 5 aromatic rings. The van der Waals surface area contributed by atoms with Gasteiger partial charge in [0.1, 0.15) is 5.75 Å². The van der Waals surface area contributed by atoms with Crippen LogP contribution >= 0.6 is 0 Å². The lowest BCUT2D eigenvalue weighted by Gasteiger charge is -2.18. The lowest BCUT2D eigenvalue weighted by Crippen LogP contribution is -2.30. The van der Waals surface area contributed by atoms with Crippen LogP contribution in [0.1, 0.15) is 21.6 Å². The summed E-state index contributed by atoms with van der Waals surface area (Å²) in [5, 5.41) is 6.51. The first-order chi connectivity index (χ1) is 17.9. The molecule has 8 nitrogen and oxygen atoms in total. The van der Waals surface area contributed by atoms with Gasteiger partial charge in [-0.05, 0) is 47.5 Å². The number of rotatable bonds is 7. The van der Waals surface area contributed by atoms with Crippen molar-refractivity contribution in [3.8, 4) is 17.0 Å². The molecule has 0 saturated carbocycles. The van der Waals surface area contributed by atoms with Gasteiger partial charge in [0.05, 0.1) is 29.4 Å². The number of methoxy groups -OCH3 is 1. The molecule has 0 unspecified atom stereocenters. The number of hydrogen-bond acceptors (Lipinski definition) is 7. The number of aromatic nitrogens is 2. The number of hydrogen-bond donors (Lipinski definition) is 0. The molecular formula is C29H25N3O5. The molecule has 3 aromatic carbocycles. The first-order valence-corrected chi connectivity index (χ1v) is 11.7. The van der Waals surface area contributed by atoms with E-state index in [1.54, 1.807) is 27.1 Å². The van der Waals surface area contributed by atoms with Gasteiger partial charge in [-0.25, -0.2) is 9.78 Å². The first kappa shape index (κ1) is 24.0. The summed E-state index contributed by atoms with van der Waals surface area (Å²) in [6, 6.07) is 22.9. The lowest BCUT2D eigenvalue weighted by atomic mass is 10.1. The average Bonchev–Trinajstić information content (AvgIpc) is 3.31. The SMILES string of the molecule is COc1ccc2cc(CN(C)C(=O)COC(=O)c3cc(-c4ccccc4)nc4onc(C)c34)ccc2c1. The van der Waals surface area contributed by atoms with Crippen LogP contribution in [0.2, 0.25) is 0 Å².